The van der Waals surface area contributed by atoms with Crippen LogP contribution in [0.4, 0.5) is 0 Å². The van der Waals surface area contributed by atoms with Crippen LogP contribution >= 0.6 is 0 Å². The minimum Gasteiger partial charge on any atom is -0.467 e. The molecule has 3 heteroatoms. The van der Waals surface area contributed by atoms with Gasteiger partial charge in [-0.05, 0) is 44.4 Å². The van der Waals surface area contributed by atoms with Crippen molar-refractivity contribution >= 4 is 5.97 Å². The molecule has 2 fully saturated rings. The lowest BCUT2D eigenvalue weighted by Gasteiger charge is -2.21. The van der Waals surface area contributed by atoms with Crippen LogP contribution in [0.3, 0.4) is 0 Å². The van der Waals surface area contributed by atoms with E-state index in [0.29, 0.717) is 5.41 Å². The molecule has 0 amide bonds. The molecule has 0 aromatic carbocycles. The molecular formula is C13H22O3. The molecule has 1 spiro atoms. The maximum Gasteiger partial charge on any atom is 0.340 e. The summed E-state index contributed by atoms with van der Waals surface area (Å²) in [5, 5.41) is 0. The van der Waals surface area contributed by atoms with Crippen molar-refractivity contribution in [1.82, 2.24) is 0 Å². The maximum atomic E-state index is 11.7. The number of ether oxygens (including phenoxy) is 2. The fourth-order valence-corrected chi connectivity index (χ4v) is 3.01. The van der Waals surface area contributed by atoms with Crippen LogP contribution in [0.15, 0.2) is 0 Å². The summed E-state index contributed by atoms with van der Waals surface area (Å²) in [6.07, 6.45) is 5.45. The van der Waals surface area contributed by atoms with Gasteiger partial charge in [-0.1, -0.05) is 13.8 Å². The Morgan fingerprint density at radius 2 is 1.81 bits per heavy atom. The first-order chi connectivity index (χ1) is 7.35. The minimum absolute atomic E-state index is 0.216. The fraction of sp³-hybridized carbons (Fsp3) is 0.923. The fourth-order valence-electron chi connectivity index (χ4n) is 3.01. The number of carbonyl (C=O) groups is 1. The second-order valence-electron chi connectivity index (χ2n) is 6.14. The van der Waals surface area contributed by atoms with Crippen molar-refractivity contribution in [2.24, 2.45) is 5.41 Å². The highest BCUT2D eigenvalue weighted by atomic mass is 16.7. The molecule has 2 unspecified atom stereocenters. The topological polar surface area (TPSA) is 38.8 Å². The average Bonchev–Trinajstić information content (AvgIpc) is 2.85. The van der Waals surface area contributed by atoms with E-state index in [4.69, 9.17) is 9.47 Å². The van der Waals surface area contributed by atoms with Gasteiger partial charge in [-0.15, -0.1) is 0 Å². The van der Waals surface area contributed by atoms with Crippen molar-refractivity contribution in [1.29, 1.82) is 0 Å². The van der Waals surface area contributed by atoms with Gasteiger partial charge in [0.15, 0.2) is 5.60 Å². The number of rotatable bonds is 1. The highest BCUT2D eigenvalue weighted by molar-refractivity contribution is 5.84. The van der Waals surface area contributed by atoms with E-state index >= 15 is 0 Å². The first-order valence-electron chi connectivity index (χ1n) is 6.14. The van der Waals surface area contributed by atoms with Gasteiger partial charge in [-0.2, -0.15) is 0 Å². The molecule has 1 aliphatic heterocycles. The summed E-state index contributed by atoms with van der Waals surface area (Å²) in [5.74, 6) is -0.216. The Balaban J connectivity index is 2.10. The molecule has 1 aliphatic carbocycles. The predicted molar refractivity (Wildman–Crippen MR) is 61.1 cm³/mol. The van der Waals surface area contributed by atoms with E-state index in [1.165, 1.54) is 13.5 Å². The third-order valence-corrected chi connectivity index (χ3v) is 4.44. The quantitative estimate of drug-likeness (QED) is 0.509. The molecule has 16 heavy (non-hydrogen) atoms. The Kier molecular flexibility index (Phi) is 2.57. The molecule has 1 heterocycles. The third kappa shape index (κ3) is 1.65. The molecular weight excluding hydrogens is 204 g/mol. The van der Waals surface area contributed by atoms with Gasteiger partial charge in [0, 0.05) is 0 Å². The lowest BCUT2D eigenvalue weighted by Crippen LogP contribution is -2.32. The minimum atomic E-state index is -0.678. The van der Waals surface area contributed by atoms with E-state index in [1.54, 1.807) is 0 Å². The van der Waals surface area contributed by atoms with Gasteiger partial charge < -0.3 is 9.47 Å². The third-order valence-electron chi connectivity index (χ3n) is 4.44. The van der Waals surface area contributed by atoms with Gasteiger partial charge in [0.05, 0.1) is 7.11 Å². The van der Waals surface area contributed by atoms with Crippen molar-refractivity contribution in [3.63, 3.8) is 0 Å². The van der Waals surface area contributed by atoms with Gasteiger partial charge in [0.25, 0.3) is 0 Å². The first-order valence-corrected chi connectivity index (χ1v) is 6.14. The Morgan fingerprint density at radius 1 is 1.12 bits per heavy atom. The molecule has 0 radical (unpaired) electrons. The van der Waals surface area contributed by atoms with Gasteiger partial charge in [-0.3, -0.25) is 0 Å². The Bertz CT molecular complexity index is 310. The van der Waals surface area contributed by atoms with Gasteiger partial charge in [0.1, 0.15) is 5.60 Å². The predicted octanol–water partition coefficient (Wildman–Crippen LogP) is 2.68. The zero-order valence-electron chi connectivity index (χ0n) is 10.8. The van der Waals surface area contributed by atoms with E-state index in [-0.39, 0.29) is 11.6 Å². The van der Waals surface area contributed by atoms with Crippen LogP contribution < -0.4 is 0 Å². The molecule has 2 aliphatic rings. The molecule has 92 valence electrons. The number of epoxide rings is 1. The Labute approximate surface area is 97.5 Å². The number of carbonyl (C=O) groups excluding carboxylic acids is 1. The molecule has 0 aromatic rings. The first kappa shape index (κ1) is 11.9. The average molecular weight is 226 g/mol. The van der Waals surface area contributed by atoms with E-state index in [1.807, 2.05) is 6.92 Å². The van der Waals surface area contributed by atoms with Crippen LogP contribution in [-0.2, 0) is 14.3 Å². The monoisotopic (exact) mass is 226 g/mol. The van der Waals surface area contributed by atoms with Crippen LogP contribution in [0.25, 0.3) is 0 Å². The van der Waals surface area contributed by atoms with Crippen molar-refractivity contribution in [3.8, 4) is 0 Å². The molecule has 0 N–H and O–H groups in total. The van der Waals surface area contributed by atoms with E-state index in [0.717, 1.165) is 25.7 Å². The van der Waals surface area contributed by atoms with Gasteiger partial charge in [0.2, 0.25) is 0 Å². The summed E-state index contributed by atoms with van der Waals surface area (Å²) in [4.78, 5) is 11.7. The van der Waals surface area contributed by atoms with E-state index in [9.17, 15) is 4.79 Å². The highest BCUT2D eigenvalue weighted by Crippen LogP contribution is 2.58. The van der Waals surface area contributed by atoms with Crippen molar-refractivity contribution in [2.45, 2.75) is 64.1 Å². The van der Waals surface area contributed by atoms with Crippen LogP contribution in [0.1, 0.15) is 52.9 Å². The Morgan fingerprint density at radius 3 is 2.44 bits per heavy atom. The second-order valence-corrected chi connectivity index (χ2v) is 6.14. The van der Waals surface area contributed by atoms with Gasteiger partial charge >= 0.3 is 5.97 Å². The number of methoxy groups -OCH3 is 1. The summed E-state index contributed by atoms with van der Waals surface area (Å²) in [5.41, 5.74) is -0.525. The lowest BCUT2D eigenvalue weighted by molar-refractivity contribution is -0.146. The SMILES string of the molecule is COC(=O)C1(C)OC12CCCC(C)(C)CC2. The lowest BCUT2D eigenvalue weighted by atomic mass is 9.83. The van der Waals surface area contributed by atoms with Crippen LogP contribution in [0, 0.1) is 5.41 Å². The zero-order chi connectivity index (χ0) is 12.0. The van der Waals surface area contributed by atoms with Gasteiger partial charge in [-0.25, -0.2) is 4.79 Å². The summed E-state index contributed by atoms with van der Waals surface area (Å²) in [6, 6.07) is 0. The molecule has 2 atom stereocenters. The van der Waals surface area contributed by atoms with Crippen LogP contribution in [-0.4, -0.2) is 24.3 Å². The largest absolute Gasteiger partial charge is 0.467 e. The molecule has 0 aromatic heterocycles. The number of hydrogen-bond acceptors (Lipinski definition) is 3. The van der Waals surface area contributed by atoms with Crippen LogP contribution in [0.5, 0.6) is 0 Å². The molecule has 1 saturated heterocycles. The van der Waals surface area contributed by atoms with Crippen molar-refractivity contribution in [3.05, 3.63) is 0 Å². The summed E-state index contributed by atoms with van der Waals surface area (Å²) >= 11 is 0. The van der Waals surface area contributed by atoms with Crippen molar-refractivity contribution < 1.29 is 14.3 Å². The maximum absolute atomic E-state index is 11.7. The normalized spacial score (nSPS) is 41.5. The van der Waals surface area contributed by atoms with Crippen LogP contribution in [0.2, 0.25) is 0 Å². The smallest absolute Gasteiger partial charge is 0.340 e. The molecule has 3 nitrogen and oxygen atoms in total. The standard InChI is InChI=1S/C13H22O3/c1-11(2)6-5-7-13(9-8-11)12(3,16-13)10(14)15-4/h5-9H2,1-4H3. The molecule has 1 saturated carbocycles. The van der Waals surface area contributed by atoms with E-state index < -0.39 is 5.60 Å². The second kappa shape index (κ2) is 3.46. The summed E-state index contributed by atoms with van der Waals surface area (Å²) < 4.78 is 10.6. The summed E-state index contributed by atoms with van der Waals surface area (Å²) in [6.45, 7) is 6.46. The number of esters is 1. The highest BCUT2D eigenvalue weighted by Gasteiger charge is 2.71. The van der Waals surface area contributed by atoms with E-state index in [2.05, 4.69) is 13.8 Å². The van der Waals surface area contributed by atoms with Crippen molar-refractivity contribution in [2.75, 3.05) is 7.11 Å². The summed E-state index contributed by atoms with van der Waals surface area (Å²) in [7, 11) is 1.43. The zero-order valence-corrected chi connectivity index (χ0v) is 10.8. The Hall–Kier alpha value is -0.570. The molecule has 2 rings (SSSR count). The number of hydrogen-bond donors (Lipinski definition) is 0. The molecule has 0 bridgehead atoms.